The van der Waals surface area contributed by atoms with E-state index in [1.807, 2.05) is 36.4 Å². The molecule has 0 unspecified atom stereocenters. The zero-order chi connectivity index (χ0) is 19.2. The van der Waals surface area contributed by atoms with Gasteiger partial charge < -0.3 is 19.7 Å². The molecule has 0 atom stereocenters. The topological polar surface area (TPSA) is 50.8 Å². The molecule has 0 saturated carbocycles. The molecule has 2 aromatic carbocycles. The lowest BCUT2D eigenvalue weighted by Gasteiger charge is -2.30. The fourth-order valence-electron chi connectivity index (χ4n) is 2.97. The lowest BCUT2D eigenvalue weighted by molar-refractivity contribution is -0.118. The Labute approximate surface area is 165 Å². The second kappa shape index (κ2) is 9.11. The Kier molecular flexibility index (Phi) is 6.58. The van der Waals surface area contributed by atoms with E-state index in [0.29, 0.717) is 35.6 Å². The summed E-state index contributed by atoms with van der Waals surface area (Å²) in [5.41, 5.74) is 2.87. The van der Waals surface area contributed by atoms with Gasteiger partial charge in [-0.3, -0.25) is 4.79 Å². The summed E-state index contributed by atoms with van der Waals surface area (Å²) in [4.78, 5) is 14.6. The van der Waals surface area contributed by atoms with Gasteiger partial charge in [-0.2, -0.15) is 0 Å². The van der Waals surface area contributed by atoms with E-state index >= 15 is 0 Å². The van der Waals surface area contributed by atoms with Gasteiger partial charge in [-0.05, 0) is 41.8 Å². The van der Waals surface area contributed by atoms with Crippen LogP contribution in [0.5, 0.6) is 5.75 Å². The van der Waals surface area contributed by atoms with Crippen molar-refractivity contribution in [2.45, 2.75) is 19.8 Å². The zero-order valence-electron chi connectivity index (χ0n) is 15.7. The molecule has 1 heterocycles. The highest BCUT2D eigenvalue weighted by Crippen LogP contribution is 2.30. The van der Waals surface area contributed by atoms with Crippen LogP contribution < -0.4 is 15.0 Å². The molecule has 144 valence electrons. The second-order valence-corrected chi connectivity index (χ2v) is 7.26. The van der Waals surface area contributed by atoms with Crippen molar-refractivity contribution in [2.24, 2.45) is 0 Å². The molecular formula is C21H25ClN2O3. The van der Waals surface area contributed by atoms with E-state index in [1.165, 1.54) is 5.56 Å². The normalized spacial score (nSPS) is 14.3. The van der Waals surface area contributed by atoms with Gasteiger partial charge in [0.05, 0.1) is 24.6 Å². The highest BCUT2D eigenvalue weighted by atomic mass is 35.5. The number of hydrogen-bond donors (Lipinski definition) is 1. The molecule has 1 fully saturated rings. The number of halogens is 1. The Balaban J connectivity index is 1.62. The van der Waals surface area contributed by atoms with E-state index in [2.05, 4.69) is 24.1 Å². The summed E-state index contributed by atoms with van der Waals surface area (Å²) in [7, 11) is 0. The Morgan fingerprint density at radius 2 is 1.89 bits per heavy atom. The van der Waals surface area contributed by atoms with Gasteiger partial charge in [-0.1, -0.05) is 37.6 Å². The predicted octanol–water partition coefficient (Wildman–Crippen LogP) is 4.32. The molecule has 27 heavy (non-hydrogen) atoms. The number of morpholine rings is 1. The van der Waals surface area contributed by atoms with Crippen molar-refractivity contribution < 1.29 is 14.3 Å². The smallest absolute Gasteiger partial charge is 0.262 e. The quantitative estimate of drug-likeness (QED) is 0.800. The fourth-order valence-corrected chi connectivity index (χ4v) is 3.14. The summed E-state index contributed by atoms with van der Waals surface area (Å²) in [6.07, 6.45) is 0. The highest BCUT2D eigenvalue weighted by molar-refractivity contribution is 6.31. The fraction of sp³-hybridized carbons (Fsp3) is 0.381. The van der Waals surface area contributed by atoms with Crippen LogP contribution in [0, 0.1) is 0 Å². The molecular weight excluding hydrogens is 364 g/mol. The Bertz CT molecular complexity index is 771. The molecule has 2 aromatic rings. The molecule has 1 N–H and O–H groups in total. The average molecular weight is 389 g/mol. The third-order valence-corrected chi connectivity index (χ3v) is 4.74. The monoisotopic (exact) mass is 388 g/mol. The SMILES string of the molecule is CC(C)c1ccc(OCC(=O)Nc2cc(Cl)ccc2N2CCOCC2)cc1. The van der Waals surface area contributed by atoms with Gasteiger partial charge in [-0.25, -0.2) is 0 Å². The van der Waals surface area contributed by atoms with Crippen molar-refractivity contribution in [1.82, 2.24) is 0 Å². The molecule has 1 amide bonds. The van der Waals surface area contributed by atoms with Crippen molar-refractivity contribution in [3.63, 3.8) is 0 Å². The van der Waals surface area contributed by atoms with E-state index in [0.717, 1.165) is 18.8 Å². The first kappa shape index (κ1) is 19.5. The van der Waals surface area contributed by atoms with Gasteiger partial charge in [0, 0.05) is 18.1 Å². The Morgan fingerprint density at radius 1 is 1.19 bits per heavy atom. The third-order valence-electron chi connectivity index (χ3n) is 4.50. The zero-order valence-corrected chi connectivity index (χ0v) is 16.5. The van der Waals surface area contributed by atoms with Crippen LogP contribution in [0.2, 0.25) is 5.02 Å². The van der Waals surface area contributed by atoms with E-state index in [-0.39, 0.29) is 12.5 Å². The average Bonchev–Trinajstić information content (AvgIpc) is 2.67. The summed E-state index contributed by atoms with van der Waals surface area (Å²) >= 11 is 6.13. The molecule has 0 radical (unpaired) electrons. The van der Waals surface area contributed by atoms with Crippen LogP contribution >= 0.6 is 11.6 Å². The number of amides is 1. The maximum Gasteiger partial charge on any atom is 0.262 e. The van der Waals surface area contributed by atoms with Gasteiger partial charge in [0.2, 0.25) is 0 Å². The van der Waals surface area contributed by atoms with Gasteiger partial charge in [-0.15, -0.1) is 0 Å². The number of hydrogen-bond acceptors (Lipinski definition) is 4. The van der Waals surface area contributed by atoms with Crippen molar-refractivity contribution in [3.8, 4) is 5.75 Å². The van der Waals surface area contributed by atoms with Crippen LogP contribution in [-0.4, -0.2) is 38.8 Å². The van der Waals surface area contributed by atoms with Gasteiger partial charge >= 0.3 is 0 Å². The van der Waals surface area contributed by atoms with Gasteiger partial charge in [0.1, 0.15) is 5.75 Å². The van der Waals surface area contributed by atoms with Crippen LogP contribution in [0.4, 0.5) is 11.4 Å². The van der Waals surface area contributed by atoms with E-state index in [4.69, 9.17) is 21.1 Å². The molecule has 0 aromatic heterocycles. The third kappa shape index (κ3) is 5.37. The second-order valence-electron chi connectivity index (χ2n) is 6.82. The number of carbonyl (C=O) groups is 1. The van der Waals surface area contributed by atoms with Crippen LogP contribution in [0.15, 0.2) is 42.5 Å². The summed E-state index contributed by atoms with van der Waals surface area (Å²) < 4.78 is 11.0. The van der Waals surface area contributed by atoms with Crippen molar-refractivity contribution in [2.75, 3.05) is 43.1 Å². The number of nitrogens with one attached hydrogen (secondary N) is 1. The van der Waals surface area contributed by atoms with E-state index < -0.39 is 0 Å². The molecule has 1 saturated heterocycles. The van der Waals surface area contributed by atoms with E-state index in [1.54, 1.807) is 6.07 Å². The molecule has 1 aliphatic heterocycles. The molecule has 0 aliphatic carbocycles. The standard InChI is InChI=1S/C21H25ClN2O3/c1-15(2)16-3-6-18(7-4-16)27-14-21(25)23-19-13-17(22)5-8-20(19)24-9-11-26-12-10-24/h3-8,13,15H,9-12,14H2,1-2H3,(H,23,25). The highest BCUT2D eigenvalue weighted by Gasteiger charge is 2.17. The molecule has 5 nitrogen and oxygen atoms in total. The van der Waals surface area contributed by atoms with Gasteiger partial charge in [0.15, 0.2) is 6.61 Å². The number of rotatable bonds is 6. The number of carbonyl (C=O) groups excluding carboxylic acids is 1. The number of ether oxygens (including phenoxy) is 2. The number of benzene rings is 2. The minimum absolute atomic E-state index is 0.0594. The largest absolute Gasteiger partial charge is 0.484 e. The Morgan fingerprint density at radius 3 is 2.56 bits per heavy atom. The van der Waals surface area contributed by atoms with Crippen LogP contribution in [0.1, 0.15) is 25.3 Å². The summed E-state index contributed by atoms with van der Waals surface area (Å²) in [6.45, 7) is 7.13. The summed E-state index contributed by atoms with van der Waals surface area (Å²) in [5.74, 6) is 0.914. The lowest BCUT2D eigenvalue weighted by Crippen LogP contribution is -2.37. The first-order valence-corrected chi connectivity index (χ1v) is 9.55. The predicted molar refractivity (Wildman–Crippen MR) is 109 cm³/mol. The summed E-state index contributed by atoms with van der Waals surface area (Å²) in [6, 6.07) is 13.3. The Hall–Kier alpha value is -2.24. The number of nitrogens with zero attached hydrogens (tertiary/aromatic N) is 1. The van der Waals surface area contributed by atoms with Crippen LogP contribution in [0.3, 0.4) is 0 Å². The molecule has 6 heteroatoms. The molecule has 0 bridgehead atoms. The van der Waals surface area contributed by atoms with E-state index in [9.17, 15) is 4.79 Å². The minimum atomic E-state index is -0.222. The summed E-state index contributed by atoms with van der Waals surface area (Å²) in [5, 5.41) is 3.49. The van der Waals surface area contributed by atoms with Crippen molar-refractivity contribution >= 4 is 28.9 Å². The van der Waals surface area contributed by atoms with Crippen LogP contribution in [-0.2, 0) is 9.53 Å². The molecule has 3 rings (SSSR count). The van der Waals surface area contributed by atoms with Crippen molar-refractivity contribution in [1.29, 1.82) is 0 Å². The van der Waals surface area contributed by atoms with Crippen LogP contribution in [0.25, 0.3) is 0 Å². The lowest BCUT2D eigenvalue weighted by atomic mass is 10.0. The first-order chi connectivity index (χ1) is 13.0. The van der Waals surface area contributed by atoms with Gasteiger partial charge in [0.25, 0.3) is 5.91 Å². The van der Waals surface area contributed by atoms with Crippen molar-refractivity contribution in [3.05, 3.63) is 53.1 Å². The first-order valence-electron chi connectivity index (χ1n) is 9.18. The maximum atomic E-state index is 12.4. The molecule has 0 spiro atoms. The molecule has 1 aliphatic rings. The number of anilines is 2. The maximum absolute atomic E-state index is 12.4. The minimum Gasteiger partial charge on any atom is -0.484 e.